The van der Waals surface area contributed by atoms with Crippen molar-refractivity contribution in [3.63, 3.8) is 0 Å². The lowest BCUT2D eigenvalue weighted by atomic mass is 10.0. The third-order valence-corrected chi connectivity index (χ3v) is 7.55. The number of nitrogens with zero attached hydrogens (tertiary/aromatic N) is 4. The number of fused-ring (bicyclic) bond motifs is 2. The topological polar surface area (TPSA) is 70.6 Å². The number of carbonyl (C=O) groups excluding carboxylic acids is 1. The zero-order chi connectivity index (χ0) is 24.3. The summed E-state index contributed by atoms with van der Waals surface area (Å²) in [5, 5.41) is 10.1. The quantitative estimate of drug-likeness (QED) is 0.354. The summed E-state index contributed by atoms with van der Waals surface area (Å²) >= 11 is 1.84. The van der Waals surface area contributed by atoms with E-state index in [0.29, 0.717) is 39.2 Å². The SMILES string of the molecule is Cc1nc2ccc(C#N)cn2c1N1C(=O)[C@@H](C)Oc2c(F)cc(-c3cccc(SC4CC4)c3)cc21. The first-order valence-electron chi connectivity index (χ1n) is 11.4. The molecule has 0 bridgehead atoms. The fourth-order valence-electron chi connectivity index (χ4n) is 4.39. The normalized spacial score (nSPS) is 17.3. The first kappa shape index (κ1) is 21.7. The van der Waals surface area contributed by atoms with Crippen LogP contribution in [0.4, 0.5) is 15.9 Å². The lowest BCUT2D eigenvalue weighted by molar-refractivity contribution is -0.124. The lowest BCUT2D eigenvalue weighted by Crippen LogP contribution is -2.42. The fourth-order valence-corrected chi connectivity index (χ4v) is 5.50. The molecule has 174 valence electrons. The van der Waals surface area contributed by atoms with E-state index in [9.17, 15) is 10.1 Å². The molecule has 1 atom stereocenters. The molecule has 2 aliphatic rings. The molecule has 0 N–H and O–H groups in total. The summed E-state index contributed by atoms with van der Waals surface area (Å²) in [6.45, 7) is 3.39. The van der Waals surface area contributed by atoms with Crippen LogP contribution in [0.5, 0.6) is 5.75 Å². The molecule has 1 aliphatic heterocycles. The second-order valence-corrected chi connectivity index (χ2v) is 10.2. The molecule has 6 nitrogen and oxygen atoms in total. The van der Waals surface area contributed by atoms with Crippen molar-refractivity contribution in [3.8, 4) is 22.9 Å². The molecule has 0 radical (unpaired) electrons. The van der Waals surface area contributed by atoms with Crippen molar-refractivity contribution in [2.45, 2.75) is 42.9 Å². The Kier molecular flexibility index (Phi) is 5.04. The summed E-state index contributed by atoms with van der Waals surface area (Å²) in [7, 11) is 0. The highest BCUT2D eigenvalue weighted by molar-refractivity contribution is 8.00. The highest BCUT2D eigenvalue weighted by Crippen LogP contribution is 2.45. The van der Waals surface area contributed by atoms with Gasteiger partial charge in [0.15, 0.2) is 17.7 Å². The maximum absolute atomic E-state index is 15.5. The number of rotatable bonds is 4. The minimum absolute atomic E-state index is 0.0233. The third-order valence-electron chi connectivity index (χ3n) is 6.22. The van der Waals surface area contributed by atoms with Gasteiger partial charge in [-0.2, -0.15) is 5.26 Å². The second kappa shape index (κ2) is 8.14. The van der Waals surface area contributed by atoms with Crippen molar-refractivity contribution in [3.05, 3.63) is 71.8 Å². The molecule has 1 fully saturated rings. The molecule has 4 aromatic rings. The number of nitriles is 1. The number of thioether (sulfide) groups is 1. The van der Waals surface area contributed by atoms with Crippen molar-refractivity contribution in [2.24, 2.45) is 0 Å². The third kappa shape index (κ3) is 3.72. The molecule has 1 saturated carbocycles. The highest BCUT2D eigenvalue weighted by atomic mass is 32.2. The summed E-state index contributed by atoms with van der Waals surface area (Å²) in [6, 6.07) is 16.8. The number of amides is 1. The first-order chi connectivity index (χ1) is 16.9. The highest BCUT2D eigenvalue weighted by Gasteiger charge is 2.37. The number of imidazole rings is 1. The van der Waals surface area contributed by atoms with Crippen LogP contribution < -0.4 is 9.64 Å². The van der Waals surface area contributed by atoms with Gasteiger partial charge < -0.3 is 4.74 Å². The molecule has 0 unspecified atom stereocenters. The lowest BCUT2D eigenvalue weighted by Gasteiger charge is -2.33. The molecular formula is C27H21FN4O2S. The molecule has 2 aromatic heterocycles. The summed E-state index contributed by atoms with van der Waals surface area (Å²) in [6.07, 6.45) is 3.20. The Morgan fingerprint density at radius 2 is 2.00 bits per heavy atom. The van der Waals surface area contributed by atoms with Gasteiger partial charge in [0.05, 0.1) is 16.9 Å². The molecule has 6 rings (SSSR count). The van der Waals surface area contributed by atoms with Gasteiger partial charge in [0.2, 0.25) is 0 Å². The molecule has 3 heterocycles. The number of hydrogen-bond acceptors (Lipinski definition) is 5. The van der Waals surface area contributed by atoms with E-state index in [1.807, 2.05) is 23.9 Å². The minimum atomic E-state index is -0.884. The van der Waals surface area contributed by atoms with Gasteiger partial charge in [-0.15, -0.1) is 11.8 Å². The Labute approximate surface area is 206 Å². The molecule has 2 aromatic carbocycles. The number of aryl methyl sites for hydroxylation is 1. The summed E-state index contributed by atoms with van der Waals surface area (Å²) in [5.41, 5.74) is 3.43. The van der Waals surface area contributed by atoms with E-state index in [1.165, 1.54) is 23.8 Å². The van der Waals surface area contributed by atoms with Crippen LogP contribution >= 0.6 is 11.8 Å². The Balaban J connectivity index is 1.53. The van der Waals surface area contributed by atoms with Gasteiger partial charge in [-0.05, 0) is 74.2 Å². The number of carbonyl (C=O) groups is 1. The van der Waals surface area contributed by atoms with Crippen molar-refractivity contribution < 1.29 is 13.9 Å². The van der Waals surface area contributed by atoms with Crippen LogP contribution in [0, 0.1) is 24.1 Å². The van der Waals surface area contributed by atoms with Gasteiger partial charge in [0, 0.05) is 16.3 Å². The van der Waals surface area contributed by atoms with Gasteiger partial charge >= 0.3 is 0 Å². The summed E-state index contributed by atoms with van der Waals surface area (Å²) < 4.78 is 22.9. The smallest absolute Gasteiger partial charge is 0.273 e. The summed E-state index contributed by atoms with van der Waals surface area (Å²) in [4.78, 5) is 20.6. The van der Waals surface area contributed by atoms with E-state index in [4.69, 9.17) is 4.74 Å². The second-order valence-electron chi connectivity index (χ2n) is 8.86. The monoisotopic (exact) mass is 484 g/mol. The van der Waals surface area contributed by atoms with Crippen LogP contribution in [0.25, 0.3) is 16.8 Å². The number of aromatic nitrogens is 2. The van der Waals surface area contributed by atoms with Crippen LogP contribution in [0.2, 0.25) is 0 Å². The van der Waals surface area contributed by atoms with E-state index in [1.54, 1.807) is 42.6 Å². The molecule has 8 heteroatoms. The van der Waals surface area contributed by atoms with Gasteiger partial charge in [0.25, 0.3) is 5.91 Å². The Morgan fingerprint density at radius 3 is 2.77 bits per heavy atom. The van der Waals surface area contributed by atoms with E-state index in [2.05, 4.69) is 23.2 Å². The minimum Gasteiger partial charge on any atom is -0.476 e. The summed E-state index contributed by atoms with van der Waals surface area (Å²) in [5.74, 6) is -0.381. The van der Waals surface area contributed by atoms with Crippen molar-refractivity contribution in [1.82, 2.24) is 9.38 Å². The molecular weight excluding hydrogens is 463 g/mol. The van der Waals surface area contributed by atoms with Crippen LogP contribution in [0.3, 0.4) is 0 Å². The van der Waals surface area contributed by atoms with Crippen molar-refractivity contribution >= 4 is 34.8 Å². The van der Waals surface area contributed by atoms with E-state index in [0.717, 1.165) is 10.5 Å². The number of pyridine rings is 1. The van der Waals surface area contributed by atoms with Gasteiger partial charge in [-0.25, -0.2) is 9.37 Å². The van der Waals surface area contributed by atoms with E-state index >= 15 is 4.39 Å². The maximum atomic E-state index is 15.5. The van der Waals surface area contributed by atoms with Crippen LogP contribution in [-0.2, 0) is 4.79 Å². The van der Waals surface area contributed by atoms with Crippen LogP contribution in [0.15, 0.2) is 59.6 Å². The molecule has 0 spiro atoms. The van der Waals surface area contributed by atoms with Gasteiger partial charge in [-0.3, -0.25) is 14.1 Å². The Morgan fingerprint density at radius 1 is 1.17 bits per heavy atom. The Bertz CT molecular complexity index is 1550. The van der Waals surface area contributed by atoms with E-state index < -0.39 is 11.9 Å². The average molecular weight is 485 g/mol. The van der Waals surface area contributed by atoms with E-state index in [-0.39, 0.29) is 11.7 Å². The zero-order valence-corrected chi connectivity index (χ0v) is 20.0. The molecule has 1 amide bonds. The van der Waals surface area contributed by atoms with Crippen molar-refractivity contribution in [1.29, 1.82) is 5.26 Å². The van der Waals surface area contributed by atoms with Gasteiger partial charge in [-0.1, -0.05) is 12.1 Å². The number of hydrogen-bond donors (Lipinski definition) is 0. The Hall–Kier alpha value is -3.83. The number of benzene rings is 2. The van der Waals surface area contributed by atoms with Crippen molar-refractivity contribution in [2.75, 3.05) is 4.90 Å². The molecule has 0 saturated heterocycles. The fraction of sp³-hybridized carbons (Fsp3) is 0.222. The van der Waals surface area contributed by atoms with Crippen LogP contribution in [-0.4, -0.2) is 26.6 Å². The van der Waals surface area contributed by atoms with Crippen LogP contribution in [0.1, 0.15) is 31.0 Å². The number of anilines is 2. The number of halogens is 1. The number of ether oxygens (including phenoxy) is 1. The maximum Gasteiger partial charge on any atom is 0.273 e. The first-order valence-corrected chi connectivity index (χ1v) is 12.3. The average Bonchev–Trinajstić information content (AvgIpc) is 3.61. The predicted molar refractivity (Wildman–Crippen MR) is 133 cm³/mol. The standard InChI is InChI=1S/C27H21FN4O2S/c1-15-26(31-14-17(13-29)6-9-24(31)30-15)32-23-12-19(11-22(28)25(23)34-16(2)27(32)33)18-4-3-5-21(10-18)35-20-7-8-20/h3-6,9-12,14,16,20H,7-8H2,1-2H3/t16-/m1/s1. The predicted octanol–water partition coefficient (Wildman–Crippen LogP) is 6.02. The largest absolute Gasteiger partial charge is 0.476 e. The molecule has 1 aliphatic carbocycles. The zero-order valence-electron chi connectivity index (χ0n) is 19.2. The van der Waals surface area contributed by atoms with Gasteiger partial charge in [0.1, 0.15) is 17.5 Å². The molecule has 35 heavy (non-hydrogen) atoms.